The number of amides is 2. The summed E-state index contributed by atoms with van der Waals surface area (Å²) in [6, 6.07) is 11.8. The van der Waals surface area contributed by atoms with Gasteiger partial charge in [-0.1, -0.05) is 24.3 Å². The van der Waals surface area contributed by atoms with Crippen LogP contribution in [0.1, 0.15) is 12.5 Å². The summed E-state index contributed by atoms with van der Waals surface area (Å²) in [5.74, 6) is -1.17. The average Bonchev–Trinajstić information content (AvgIpc) is 3.37. The molecule has 2 amide bonds. The van der Waals surface area contributed by atoms with E-state index < -0.39 is 23.9 Å². The Kier molecular flexibility index (Phi) is 5.82. The average molecular weight is 458 g/mol. The molecule has 33 heavy (non-hydrogen) atoms. The largest absolute Gasteiger partial charge is 0.573 e. The monoisotopic (exact) mass is 458 g/mol. The van der Waals surface area contributed by atoms with Gasteiger partial charge in [0.1, 0.15) is 11.4 Å². The van der Waals surface area contributed by atoms with Gasteiger partial charge in [0.05, 0.1) is 12.2 Å². The van der Waals surface area contributed by atoms with Crippen LogP contribution >= 0.6 is 0 Å². The number of ether oxygens (including phenoxy) is 1. The van der Waals surface area contributed by atoms with Crippen molar-refractivity contribution in [3.05, 3.63) is 65.9 Å². The van der Waals surface area contributed by atoms with Crippen molar-refractivity contribution >= 4 is 17.5 Å². The summed E-state index contributed by atoms with van der Waals surface area (Å²) >= 11 is 0. The molecule has 2 heterocycles. The minimum atomic E-state index is -4.83. The van der Waals surface area contributed by atoms with Crippen molar-refractivity contribution in [2.45, 2.75) is 26.4 Å². The number of carbonyl (C=O) groups excluding carboxylic acids is 2. The first-order valence-electron chi connectivity index (χ1n) is 9.80. The first-order valence-corrected chi connectivity index (χ1v) is 9.80. The standard InChI is InChI=1S/C21H17F3N6O3/c1-2-29-27-19(26-28-29)14-5-3-13(4-6-14)12-25-17-11-18(31)30(20(17)32)15-7-9-16(10-8-15)33-21(22,23)24/h3-11,25H,2,12H2,1H3. The van der Waals surface area contributed by atoms with Gasteiger partial charge in [-0.05, 0) is 42.0 Å². The first kappa shape index (κ1) is 22.0. The van der Waals surface area contributed by atoms with Gasteiger partial charge in [-0.25, -0.2) is 4.90 Å². The van der Waals surface area contributed by atoms with Gasteiger partial charge in [0.15, 0.2) is 0 Å². The Morgan fingerprint density at radius 3 is 2.33 bits per heavy atom. The van der Waals surface area contributed by atoms with Gasteiger partial charge in [0.2, 0.25) is 5.82 Å². The van der Waals surface area contributed by atoms with E-state index in [0.29, 0.717) is 12.4 Å². The van der Waals surface area contributed by atoms with Crippen molar-refractivity contribution in [1.29, 1.82) is 0 Å². The number of nitrogens with one attached hydrogen (secondary N) is 1. The Balaban J connectivity index is 1.38. The van der Waals surface area contributed by atoms with Gasteiger partial charge in [-0.2, -0.15) is 4.80 Å². The SMILES string of the molecule is CCn1nnc(-c2ccc(CNC3=CC(=O)N(c4ccc(OC(F)(F)F)cc4)C3=O)cc2)n1. The minimum Gasteiger partial charge on any atom is -0.406 e. The molecule has 0 fully saturated rings. The summed E-state index contributed by atoms with van der Waals surface area (Å²) in [4.78, 5) is 27.3. The highest BCUT2D eigenvalue weighted by molar-refractivity contribution is 6.30. The molecule has 0 bridgehead atoms. The summed E-state index contributed by atoms with van der Waals surface area (Å²) in [6.07, 6.45) is -3.69. The second kappa shape index (κ2) is 8.73. The third-order valence-electron chi connectivity index (χ3n) is 4.68. The molecule has 0 saturated carbocycles. The maximum Gasteiger partial charge on any atom is 0.573 e. The van der Waals surface area contributed by atoms with Gasteiger partial charge in [0, 0.05) is 18.2 Å². The van der Waals surface area contributed by atoms with Crippen LogP contribution in [0, 0.1) is 0 Å². The van der Waals surface area contributed by atoms with Gasteiger partial charge in [-0.3, -0.25) is 9.59 Å². The van der Waals surface area contributed by atoms with E-state index in [9.17, 15) is 22.8 Å². The predicted molar refractivity (Wildman–Crippen MR) is 109 cm³/mol. The molecule has 0 atom stereocenters. The Bertz CT molecular complexity index is 1200. The lowest BCUT2D eigenvalue weighted by Crippen LogP contribution is -2.33. The Hall–Kier alpha value is -4.22. The molecule has 4 rings (SSSR count). The molecule has 0 saturated heterocycles. The van der Waals surface area contributed by atoms with Crippen LogP contribution in [0.2, 0.25) is 0 Å². The molecule has 3 aromatic rings. The molecule has 9 nitrogen and oxygen atoms in total. The molecule has 0 radical (unpaired) electrons. The number of aryl methyl sites for hydroxylation is 1. The molecular weight excluding hydrogens is 441 g/mol. The van der Waals surface area contributed by atoms with Crippen molar-refractivity contribution in [2.24, 2.45) is 0 Å². The topological polar surface area (TPSA) is 102 Å². The highest BCUT2D eigenvalue weighted by Gasteiger charge is 2.33. The van der Waals surface area contributed by atoms with E-state index in [1.165, 1.54) is 16.9 Å². The number of anilines is 1. The van der Waals surface area contributed by atoms with Gasteiger partial charge < -0.3 is 10.1 Å². The zero-order chi connectivity index (χ0) is 23.6. The smallest absolute Gasteiger partial charge is 0.406 e. The van der Waals surface area contributed by atoms with Crippen molar-refractivity contribution in [3.63, 3.8) is 0 Å². The number of carbonyl (C=O) groups is 2. The highest BCUT2D eigenvalue weighted by Crippen LogP contribution is 2.27. The van der Waals surface area contributed by atoms with Crippen LogP contribution in [0.15, 0.2) is 60.3 Å². The fraction of sp³-hybridized carbons (Fsp3) is 0.190. The first-order chi connectivity index (χ1) is 15.7. The number of tetrazole rings is 1. The summed E-state index contributed by atoms with van der Waals surface area (Å²) in [6.45, 7) is 2.79. The third kappa shape index (κ3) is 5.00. The van der Waals surface area contributed by atoms with Gasteiger partial charge >= 0.3 is 6.36 Å². The van der Waals surface area contributed by atoms with Gasteiger partial charge in [-0.15, -0.1) is 23.4 Å². The molecule has 2 aromatic carbocycles. The molecule has 1 aliphatic heterocycles. The number of rotatable bonds is 7. The van der Waals surface area contributed by atoms with E-state index in [1.807, 2.05) is 31.2 Å². The fourth-order valence-corrected chi connectivity index (χ4v) is 3.10. The van der Waals surface area contributed by atoms with E-state index in [1.54, 1.807) is 0 Å². The maximum absolute atomic E-state index is 12.7. The van der Waals surface area contributed by atoms with E-state index in [2.05, 4.69) is 25.5 Å². The van der Waals surface area contributed by atoms with Crippen LogP contribution in [0.5, 0.6) is 5.75 Å². The Morgan fingerprint density at radius 1 is 1.03 bits per heavy atom. The lowest BCUT2D eigenvalue weighted by Gasteiger charge is -2.16. The lowest BCUT2D eigenvalue weighted by atomic mass is 10.1. The van der Waals surface area contributed by atoms with Crippen LogP contribution in [-0.4, -0.2) is 38.4 Å². The summed E-state index contributed by atoms with van der Waals surface area (Å²) in [7, 11) is 0. The van der Waals surface area contributed by atoms with Crippen LogP contribution in [0.4, 0.5) is 18.9 Å². The lowest BCUT2D eigenvalue weighted by molar-refractivity contribution is -0.274. The quantitative estimate of drug-likeness (QED) is 0.543. The molecular formula is C21H17F3N6O3. The summed E-state index contributed by atoms with van der Waals surface area (Å²) in [5, 5.41) is 15.0. The zero-order valence-electron chi connectivity index (χ0n) is 17.2. The molecule has 1 aliphatic rings. The zero-order valence-corrected chi connectivity index (χ0v) is 17.2. The number of aromatic nitrogens is 4. The van der Waals surface area contributed by atoms with E-state index in [0.717, 1.165) is 34.2 Å². The molecule has 170 valence electrons. The number of nitrogens with zero attached hydrogens (tertiary/aromatic N) is 5. The summed E-state index contributed by atoms with van der Waals surface area (Å²) < 4.78 is 40.7. The van der Waals surface area contributed by atoms with Crippen LogP contribution < -0.4 is 15.0 Å². The van der Waals surface area contributed by atoms with E-state index >= 15 is 0 Å². The molecule has 0 spiro atoms. The molecule has 0 unspecified atom stereocenters. The third-order valence-corrected chi connectivity index (χ3v) is 4.68. The second-order valence-corrected chi connectivity index (χ2v) is 6.93. The molecule has 1 N–H and O–H groups in total. The Labute approximate surface area is 185 Å². The highest BCUT2D eigenvalue weighted by atomic mass is 19.4. The number of hydrogen-bond donors (Lipinski definition) is 1. The number of benzene rings is 2. The fourth-order valence-electron chi connectivity index (χ4n) is 3.10. The molecule has 1 aromatic heterocycles. The van der Waals surface area contributed by atoms with Crippen LogP contribution in [0.25, 0.3) is 11.4 Å². The normalized spacial score (nSPS) is 13.9. The number of halogens is 3. The molecule has 0 aliphatic carbocycles. The van der Waals surface area contributed by atoms with Crippen molar-refractivity contribution in [1.82, 2.24) is 25.5 Å². The van der Waals surface area contributed by atoms with E-state index in [4.69, 9.17) is 0 Å². The van der Waals surface area contributed by atoms with Gasteiger partial charge in [0.25, 0.3) is 11.8 Å². The number of hydrogen-bond acceptors (Lipinski definition) is 7. The van der Waals surface area contributed by atoms with Crippen molar-refractivity contribution < 1.29 is 27.5 Å². The Morgan fingerprint density at radius 2 is 1.73 bits per heavy atom. The number of imide groups is 1. The maximum atomic E-state index is 12.7. The van der Waals surface area contributed by atoms with Crippen molar-refractivity contribution in [3.8, 4) is 17.1 Å². The van der Waals surface area contributed by atoms with Crippen LogP contribution in [-0.2, 0) is 22.7 Å². The van der Waals surface area contributed by atoms with E-state index in [-0.39, 0.29) is 17.9 Å². The van der Waals surface area contributed by atoms with Crippen molar-refractivity contribution in [2.75, 3.05) is 4.90 Å². The molecule has 12 heteroatoms. The number of alkyl halides is 3. The second-order valence-electron chi connectivity index (χ2n) is 6.93. The summed E-state index contributed by atoms with van der Waals surface area (Å²) in [5.41, 5.74) is 1.83. The minimum absolute atomic E-state index is 0.0762. The predicted octanol–water partition coefficient (Wildman–Crippen LogP) is 2.81. The van der Waals surface area contributed by atoms with Crippen LogP contribution in [0.3, 0.4) is 0 Å².